The van der Waals surface area contributed by atoms with Gasteiger partial charge in [-0.25, -0.2) is 0 Å². The number of aromatic nitrogens is 4. The first kappa shape index (κ1) is 14.9. The van der Waals surface area contributed by atoms with Gasteiger partial charge in [0.25, 0.3) is 0 Å². The molecule has 0 bridgehead atoms. The fourth-order valence-corrected chi connectivity index (χ4v) is 3.43. The zero-order valence-corrected chi connectivity index (χ0v) is 13.9. The first-order valence-electron chi connectivity index (χ1n) is 8.00. The van der Waals surface area contributed by atoms with Gasteiger partial charge in [0.1, 0.15) is 0 Å². The molecule has 21 heavy (non-hydrogen) atoms. The summed E-state index contributed by atoms with van der Waals surface area (Å²) in [6.07, 6.45) is 2.70. The smallest absolute Gasteiger partial charge is 0.188 e. The van der Waals surface area contributed by atoms with Crippen molar-refractivity contribution in [2.75, 3.05) is 13.1 Å². The first-order valence-corrected chi connectivity index (χ1v) is 8.00. The Balaban J connectivity index is 1.79. The summed E-state index contributed by atoms with van der Waals surface area (Å²) in [6, 6.07) is 0.501. The van der Waals surface area contributed by atoms with Gasteiger partial charge in [-0.15, -0.1) is 10.2 Å². The maximum Gasteiger partial charge on any atom is 0.188 e. The molecule has 3 rings (SSSR count). The van der Waals surface area contributed by atoms with Gasteiger partial charge in [0, 0.05) is 24.7 Å². The van der Waals surface area contributed by atoms with Crippen molar-refractivity contribution in [2.24, 2.45) is 18.4 Å². The maximum atomic E-state index is 4.37. The van der Waals surface area contributed by atoms with Crippen LogP contribution in [0.25, 0.3) is 0 Å². The SMILES string of the molecule is Cn1nnc(CN2CC(C(C)(C)C)NCC2(C)C2CC2)n1. The second-order valence-corrected chi connectivity index (χ2v) is 8.01. The normalized spacial score (nSPS) is 31.6. The van der Waals surface area contributed by atoms with Gasteiger partial charge in [-0.2, -0.15) is 4.80 Å². The van der Waals surface area contributed by atoms with Crippen molar-refractivity contribution in [1.82, 2.24) is 30.4 Å². The Hall–Kier alpha value is -1.01. The molecule has 1 saturated heterocycles. The predicted molar refractivity (Wildman–Crippen MR) is 81.6 cm³/mol. The summed E-state index contributed by atoms with van der Waals surface area (Å²) >= 11 is 0. The lowest BCUT2D eigenvalue weighted by molar-refractivity contribution is 0.00238. The monoisotopic (exact) mass is 292 g/mol. The van der Waals surface area contributed by atoms with Crippen molar-refractivity contribution >= 4 is 0 Å². The van der Waals surface area contributed by atoms with Crippen LogP contribution in [0.5, 0.6) is 0 Å². The number of hydrogen-bond donors (Lipinski definition) is 1. The number of nitrogens with one attached hydrogen (secondary N) is 1. The van der Waals surface area contributed by atoms with Crippen LogP contribution in [-0.4, -0.2) is 49.8 Å². The van der Waals surface area contributed by atoms with E-state index in [2.05, 4.69) is 53.3 Å². The molecular formula is C15H28N6. The third-order valence-electron chi connectivity index (χ3n) is 5.22. The van der Waals surface area contributed by atoms with Crippen molar-refractivity contribution in [3.05, 3.63) is 5.82 Å². The van der Waals surface area contributed by atoms with E-state index >= 15 is 0 Å². The lowest BCUT2D eigenvalue weighted by atomic mass is 9.81. The fourth-order valence-electron chi connectivity index (χ4n) is 3.43. The van der Waals surface area contributed by atoms with Crippen molar-refractivity contribution < 1.29 is 0 Å². The van der Waals surface area contributed by atoms with E-state index in [1.54, 1.807) is 4.80 Å². The van der Waals surface area contributed by atoms with Gasteiger partial charge in [0.05, 0.1) is 13.6 Å². The average Bonchev–Trinajstić information content (AvgIpc) is 3.16. The summed E-state index contributed by atoms with van der Waals surface area (Å²) in [4.78, 5) is 4.14. The highest BCUT2D eigenvalue weighted by molar-refractivity contribution is 5.07. The van der Waals surface area contributed by atoms with Gasteiger partial charge >= 0.3 is 0 Å². The number of tetrazole rings is 1. The van der Waals surface area contributed by atoms with E-state index in [4.69, 9.17) is 0 Å². The molecule has 0 amide bonds. The second-order valence-electron chi connectivity index (χ2n) is 8.01. The minimum atomic E-state index is 0.223. The molecule has 2 aliphatic rings. The molecule has 0 radical (unpaired) electrons. The molecule has 2 unspecified atom stereocenters. The van der Waals surface area contributed by atoms with Crippen LogP contribution in [0.3, 0.4) is 0 Å². The largest absolute Gasteiger partial charge is 0.310 e. The summed E-state index contributed by atoms with van der Waals surface area (Å²) in [5.41, 5.74) is 0.486. The molecule has 118 valence electrons. The highest BCUT2D eigenvalue weighted by atomic mass is 15.6. The molecule has 1 aliphatic heterocycles. The van der Waals surface area contributed by atoms with Crippen molar-refractivity contribution in [3.8, 4) is 0 Å². The molecule has 1 aromatic rings. The second kappa shape index (κ2) is 5.02. The molecule has 2 atom stereocenters. The third-order valence-corrected chi connectivity index (χ3v) is 5.22. The highest BCUT2D eigenvalue weighted by Crippen LogP contribution is 2.45. The Morgan fingerprint density at radius 1 is 1.33 bits per heavy atom. The van der Waals surface area contributed by atoms with E-state index in [9.17, 15) is 0 Å². The van der Waals surface area contributed by atoms with E-state index in [1.807, 2.05) is 7.05 Å². The van der Waals surface area contributed by atoms with E-state index in [-0.39, 0.29) is 11.0 Å². The molecule has 1 N–H and O–H groups in total. The molecule has 1 aromatic heterocycles. The Kier molecular flexibility index (Phi) is 3.56. The van der Waals surface area contributed by atoms with E-state index in [1.165, 1.54) is 12.8 Å². The van der Waals surface area contributed by atoms with Gasteiger partial charge in [-0.1, -0.05) is 20.8 Å². The average molecular weight is 292 g/mol. The van der Waals surface area contributed by atoms with E-state index < -0.39 is 0 Å². The molecule has 1 aliphatic carbocycles. The molecule has 0 aromatic carbocycles. The lowest BCUT2D eigenvalue weighted by Crippen LogP contribution is -2.66. The van der Waals surface area contributed by atoms with Crippen LogP contribution < -0.4 is 5.32 Å². The Bertz CT molecular complexity index is 501. The Morgan fingerprint density at radius 2 is 2.05 bits per heavy atom. The molecule has 2 fully saturated rings. The van der Waals surface area contributed by atoms with E-state index in [0.29, 0.717) is 6.04 Å². The molecule has 6 nitrogen and oxygen atoms in total. The molecule has 1 saturated carbocycles. The first-order chi connectivity index (χ1) is 9.79. The van der Waals surface area contributed by atoms with Gasteiger partial charge in [-0.05, 0) is 36.3 Å². The van der Waals surface area contributed by atoms with Crippen LogP contribution in [0.15, 0.2) is 0 Å². The molecule has 0 spiro atoms. The van der Waals surface area contributed by atoms with Crippen LogP contribution >= 0.6 is 0 Å². The minimum Gasteiger partial charge on any atom is -0.310 e. The number of rotatable bonds is 3. The highest BCUT2D eigenvalue weighted by Gasteiger charge is 2.49. The number of piperazine rings is 1. The van der Waals surface area contributed by atoms with Crippen LogP contribution in [-0.2, 0) is 13.6 Å². The zero-order chi connectivity index (χ0) is 15.3. The van der Waals surface area contributed by atoms with E-state index in [0.717, 1.165) is 31.4 Å². The number of hydrogen-bond acceptors (Lipinski definition) is 5. The Morgan fingerprint density at radius 3 is 2.57 bits per heavy atom. The summed E-state index contributed by atoms with van der Waals surface area (Å²) in [5, 5.41) is 16.3. The molecular weight excluding hydrogens is 264 g/mol. The topological polar surface area (TPSA) is 58.9 Å². The maximum absolute atomic E-state index is 4.37. The minimum absolute atomic E-state index is 0.223. The summed E-state index contributed by atoms with van der Waals surface area (Å²) < 4.78 is 0. The predicted octanol–water partition coefficient (Wildman–Crippen LogP) is 1.20. The molecule has 6 heteroatoms. The summed E-state index contributed by atoms with van der Waals surface area (Å²) in [5.74, 6) is 1.64. The quantitative estimate of drug-likeness (QED) is 0.907. The summed E-state index contributed by atoms with van der Waals surface area (Å²) in [7, 11) is 1.83. The van der Waals surface area contributed by atoms with Crippen LogP contribution in [0.1, 0.15) is 46.4 Å². The van der Waals surface area contributed by atoms with Gasteiger partial charge < -0.3 is 5.32 Å². The van der Waals surface area contributed by atoms with Crippen LogP contribution in [0, 0.1) is 11.3 Å². The van der Waals surface area contributed by atoms with Crippen molar-refractivity contribution in [1.29, 1.82) is 0 Å². The van der Waals surface area contributed by atoms with Crippen molar-refractivity contribution in [3.63, 3.8) is 0 Å². The third kappa shape index (κ3) is 2.97. The fraction of sp³-hybridized carbons (Fsp3) is 0.933. The zero-order valence-electron chi connectivity index (χ0n) is 13.9. The van der Waals surface area contributed by atoms with Gasteiger partial charge in [0.15, 0.2) is 5.82 Å². The van der Waals surface area contributed by atoms with Gasteiger partial charge in [-0.3, -0.25) is 4.90 Å². The van der Waals surface area contributed by atoms with Crippen LogP contribution in [0.4, 0.5) is 0 Å². The number of aryl methyl sites for hydroxylation is 1. The van der Waals surface area contributed by atoms with Crippen molar-refractivity contribution in [2.45, 2.75) is 58.7 Å². The van der Waals surface area contributed by atoms with Gasteiger partial charge in [0.2, 0.25) is 0 Å². The standard InChI is InChI=1S/C15H28N6/c1-14(2,3)12-8-21(9-13-17-19-20(5)18-13)15(4,10-16-12)11-6-7-11/h11-12,16H,6-10H2,1-5H3. The molecule has 2 heterocycles. The number of nitrogens with zero attached hydrogens (tertiary/aromatic N) is 5. The Labute approximate surface area is 127 Å². The summed E-state index contributed by atoms with van der Waals surface area (Å²) in [6.45, 7) is 12.2. The van der Waals surface area contributed by atoms with Crippen LogP contribution in [0.2, 0.25) is 0 Å². The lowest BCUT2D eigenvalue weighted by Gasteiger charge is -2.51.